The zero-order valence-electron chi connectivity index (χ0n) is 9.99. The van der Waals surface area contributed by atoms with Gasteiger partial charge in [-0.25, -0.2) is 0 Å². The SMILES string of the molecule is CCC1(CNc2c(F)c(F)nc(F)c2F)CCC1. The Balaban J connectivity index is 2.19. The van der Waals surface area contributed by atoms with E-state index in [2.05, 4.69) is 10.3 Å². The smallest absolute Gasteiger partial charge is 0.253 e. The molecule has 1 aliphatic rings. The Bertz CT molecular complexity index is 426. The molecule has 0 amide bonds. The van der Waals surface area contributed by atoms with Crippen LogP contribution in [0.2, 0.25) is 0 Å². The van der Waals surface area contributed by atoms with Gasteiger partial charge in [-0.2, -0.15) is 22.5 Å². The average Bonchev–Trinajstić information content (AvgIpc) is 2.29. The Morgan fingerprint density at radius 3 is 2.06 bits per heavy atom. The third-order valence-electron chi connectivity index (χ3n) is 3.80. The van der Waals surface area contributed by atoms with Gasteiger partial charge in [-0.05, 0) is 24.7 Å². The van der Waals surface area contributed by atoms with Gasteiger partial charge in [0.1, 0.15) is 5.69 Å². The quantitative estimate of drug-likeness (QED) is 0.662. The minimum absolute atomic E-state index is 0.0187. The summed E-state index contributed by atoms with van der Waals surface area (Å²) in [6.45, 7) is 2.29. The van der Waals surface area contributed by atoms with E-state index in [0.29, 0.717) is 6.54 Å². The zero-order valence-corrected chi connectivity index (χ0v) is 9.99. The summed E-state index contributed by atoms with van der Waals surface area (Å²) in [5, 5.41) is 2.49. The van der Waals surface area contributed by atoms with Gasteiger partial charge in [-0.15, -0.1) is 0 Å². The second kappa shape index (κ2) is 4.74. The molecule has 0 spiro atoms. The van der Waals surface area contributed by atoms with Crippen LogP contribution in [0.1, 0.15) is 32.6 Å². The molecule has 2 nitrogen and oxygen atoms in total. The first kappa shape index (κ1) is 13.1. The van der Waals surface area contributed by atoms with Gasteiger partial charge in [-0.1, -0.05) is 13.3 Å². The summed E-state index contributed by atoms with van der Waals surface area (Å²) in [6.07, 6.45) is 3.84. The number of nitrogens with zero attached hydrogens (tertiary/aromatic N) is 1. The summed E-state index contributed by atoms with van der Waals surface area (Å²) < 4.78 is 52.4. The van der Waals surface area contributed by atoms with E-state index in [1.54, 1.807) is 0 Å². The minimum atomic E-state index is -1.63. The van der Waals surface area contributed by atoms with E-state index >= 15 is 0 Å². The monoisotopic (exact) mass is 262 g/mol. The molecule has 1 aromatic rings. The van der Waals surface area contributed by atoms with Crippen LogP contribution in [0.25, 0.3) is 0 Å². The first-order chi connectivity index (χ1) is 8.49. The fourth-order valence-corrected chi connectivity index (χ4v) is 2.25. The van der Waals surface area contributed by atoms with Gasteiger partial charge in [0.15, 0.2) is 0 Å². The Morgan fingerprint density at radius 1 is 1.11 bits per heavy atom. The molecule has 0 saturated heterocycles. The van der Waals surface area contributed by atoms with E-state index in [1.165, 1.54) is 0 Å². The van der Waals surface area contributed by atoms with Gasteiger partial charge in [0, 0.05) is 6.54 Å². The molecule has 1 N–H and O–H groups in total. The molecular weight excluding hydrogens is 248 g/mol. The lowest BCUT2D eigenvalue weighted by Gasteiger charge is -2.41. The van der Waals surface area contributed by atoms with Crippen LogP contribution in [-0.4, -0.2) is 11.5 Å². The maximum absolute atomic E-state index is 13.3. The van der Waals surface area contributed by atoms with Crippen LogP contribution in [-0.2, 0) is 0 Å². The molecule has 1 saturated carbocycles. The van der Waals surface area contributed by atoms with Crippen molar-refractivity contribution < 1.29 is 17.6 Å². The first-order valence-electron chi connectivity index (χ1n) is 5.93. The molecular formula is C12H14F4N2. The molecule has 0 atom stereocenters. The van der Waals surface area contributed by atoms with Gasteiger partial charge in [-0.3, -0.25) is 0 Å². The van der Waals surface area contributed by atoms with Crippen molar-refractivity contribution in [1.29, 1.82) is 0 Å². The normalized spacial score (nSPS) is 17.4. The lowest BCUT2D eigenvalue weighted by Crippen LogP contribution is -2.36. The molecule has 6 heteroatoms. The first-order valence-corrected chi connectivity index (χ1v) is 5.93. The number of rotatable bonds is 4. The predicted octanol–water partition coefficient (Wildman–Crippen LogP) is 3.63. The van der Waals surface area contributed by atoms with E-state index in [-0.39, 0.29) is 5.41 Å². The highest BCUT2D eigenvalue weighted by molar-refractivity contribution is 5.45. The Morgan fingerprint density at radius 2 is 1.67 bits per heavy atom. The molecule has 1 aromatic heterocycles. The number of nitrogens with one attached hydrogen (secondary N) is 1. The maximum atomic E-state index is 13.3. The van der Waals surface area contributed by atoms with Crippen molar-refractivity contribution in [1.82, 2.24) is 4.98 Å². The molecule has 18 heavy (non-hydrogen) atoms. The number of halogens is 4. The van der Waals surface area contributed by atoms with Crippen LogP contribution in [0.15, 0.2) is 0 Å². The summed E-state index contributed by atoms with van der Waals surface area (Å²) in [6, 6.07) is 0. The number of aromatic nitrogens is 1. The second-order valence-corrected chi connectivity index (χ2v) is 4.76. The van der Waals surface area contributed by atoms with E-state index in [4.69, 9.17) is 0 Å². The van der Waals surface area contributed by atoms with Crippen molar-refractivity contribution in [3.05, 3.63) is 23.5 Å². The van der Waals surface area contributed by atoms with Crippen LogP contribution in [0.3, 0.4) is 0 Å². The Hall–Kier alpha value is -1.33. The van der Waals surface area contributed by atoms with E-state index in [9.17, 15) is 17.6 Å². The Labute approximate surface area is 102 Å². The summed E-state index contributed by atoms with van der Waals surface area (Å²) in [5.41, 5.74) is -0.783. The molecule has 1 heterocycles. The van der Waals surface area contributed by atoms with E-state index < -0.39 is 29.2 Å². The molecule has 0 unspecified atom stereocenters. The third kappa shape index (κ3) is 2.15. The standard InChI is InChI=1S/C12H14F4N2/c1-2-12(4-3-5-12)6-17-9-7(13)10(15)18-11(16)8(9)14/h2-6H2,1H3,(H,17,18). The summed E-state index contributed by atoms with van der Waals surface area (Å²) in [7, 11) is 0. The molecule has 0 radical (unpaired) electrons. The highest BCUT2D eigenvalue weighted by atomic mass is 19.2. The topological polar surface area (TPSA) is 24.9 Å². The highest BCUT2D eigenvalue weighted by Crippen LogP contribution is 2.44. The van der Waals surface area contributed by atoms with Crippen LogP contribution in [0.5, 0.6) is 0 Å². The largest absolute Gasteiger partial charge is 0.379 e. The number of hydrogen-bond acceptors (Lipinski definition) is 2. The third-order valence-corrected chi connectivity index (χ3v) is 3.80. The fraction of sp³-hybridized carbons (Fsp3) is 0.583. The average molecular weight is 262 g/mol. The zero-order chi connectivity index (χ0) is 13.3. The van der Waals surface area contributed by atoms with E-state index in [1.807, 2.05) is 6.92 Å². The maximum Gasteiger partial charge on any atom is 0.253 e. The molecule has 1 fully saturated rings. The van der Waals surface area contributed by atoms with E-state index in [0.717, 1.165) is 25.7 Å². The molecule has 100 valence electrons. The van der Waals surface area contributed by atoms with Gasteiger partial charge >= 0.3 is 0 Å². The van der Waals surface area contributed by atoms with Gasteiger partial charge in [0.25, 0.3) is 11.9 Å². The van der Waals surface area contributed by atoms with Crippen molar-refractivity contribution in [3.63, 3.8) is 0 Å². The molecule has 2 rings (SSSR count). The van der Waals surface area contributed by atoms with Crippen molar-refractivity contribution in [3.8, 4) is 0 Å². The summed E-state index contributed by atoms with van der Waals surface area (Å²) >= 11 is 0. The van der Waals surface area contributed by atoms with Crippen molar-refractivity contribution in [2.75, 3.05) is 11.9 Å². The number of pyridine rings is 1. The molecule has 0 aromatic carbocycles. The Kier molecular flexibility index (Phi) is 3.45. The van der Waals surface area contributed by atoms with Gasteiger partial charge < -0.3 is 5.32 Å². The highest BCUT2D eigenvalue weighted by Gasteiger charge is 2.35. The fourth-order valence-electron chi connectivity index (χ4n) is 2.25. The minimum Gasteiger partial charge on any atom is -0.379 e. The van der Waals surface area contributed by atoms with Crippen LogP contribution in [0.4, 0.5) is 23.2 Å². The van der Waals surface area contributed by atoms with Crippen molar-refractivity contribution >= 4 is 5.69 Å². The van der Waals surface area contributed by atoms with Gasteiger partial charge in [0.05, 0.1) is 0 Å². The summed E-state index contributed by atoms with van der Waals surface area (Å²) in [4.78, 5) is 2.51. The van der Waals surface area contributed by atoms with Crippen LogP contribution < -0.4 is 5.32 Å². The second-order valence-electron chi connectivity index (χ2n) is 4.76. The lowest BCUT2D eigenvalue weighted by molar-refractivity contribution is 0.144. The number of hydrogen-bond donors (Lipinski definition) is 1. The molecule has 0 bridgehead atoms. The number of anilines is 1. The molecule has 0 aliphatic heterocycles. The van der Waals surface area contributed by atoms with Crippen LogP contribution in [0, 0.1) is 28.9 Å². The predicted molar refractivity (Wildman–Crippen MR) is 59.1 cm³/mol. The van der Waals surface area contributed by atoms with Gasteiger partial charge in [0.2, 0.25) is 11.6 Å². The van der Waals surface area contributed by atoms with Crippen molar-refractivity contribution in [2.24, 2.45) is 5.41 Å². The summed E-state index contributed by atoms with van der Waals surface area (Å²) in [5.74, 6) is -6.20. The lowest BCUT2D eigenvalue weighted by atomic mass is 9.67. The molecule has 1 aliphatic carbocycles. The van der Waals surface area contributed by atoms with Crippen LogP contribution >= 0.6 is 0 Å². The van der Waals surface area contributed by atoms with Crippen molar-refractivity contribution in [2.45, 2.75) is 32.6 Å².